The van der Waals surface area contributed by atoms with E-state index in [1.165, 1.54) is 12.8 Å². The normalized spacial score (nSPS) is 18.8. The maximum Gasteiger partial charge on any atom is 0.228 e. The van der Waals surface area contributed by atoms with Crippen LogP contribution < -0.4 is 5.32 Å². The lowest BCUT2D eigenvalue weighted by Gasteiger charge is -2.29. The number of piperidine rings is 1. The maximum absolute atomic E-state index is 12.4. The van der Waals surface area contributed by atoms with Crippen LogP contribution in [-0.4, -0.2) is 42.0 Å². The van der Waals surface area contributed by atoms with Gasteiger partial charge in [0.1, 0.15) is 0 Å². The van der Waals surface area contributed by atoms with Crippen LogP contribution in [0.4, 0.5) is 0 Å². The molecular weight excluding hydrogens is 250 g/mol. The van der Waals surface area contributed by atoms with Crippen LogP contribution in [-0.2, 0) is 11.2 Å². The molecular formula is C16H25N3O. The van der Waals surface area contributed by atoms with Gasteiger partial charge in [0.25, 0.3) is 0 Å². The van der Waals surface area contributed by atoms with Crippen molar-refractivity contribution in [2.45, 2.75) is 33.1 Å². The zero-order valence-electron chi connectivity index (χ0n) is 12.6. The van der Waals surface area contributed by atoms with Gasteiger partial charge in [-0.15, -0.1) is 0 Å². The minimum absolute atomic E-state index is 0.194. The summed E-state index contributed by atoms with van der Waals surface area (Å²) in [7, 11) is 0. The molecule has 1 aliphatic rings. The van der Waals surface area contributed by atoms with Gasteiger partial charge in [-0.25, -0.2) is 0 Å². The average molecular weight is 275 g/mol. The summed E-state index contributed by atoms with van der Waals surface area (Å²) in [6.07, 6.45) is 4.62. The summed E-state index contributed by atoms with van der Waals surface area (Å²) in [6, 6.07) is 3.92. The van der Waals surface area contributed by atoms with Crippen LogP contribution >= 0.6 is 0 Å². The second-order valence-corrected chi connectivity index (χ2v) is 5.59. The maximum atomic E-state index is 12.4. The standard InChI is InChI=1S/C16H25N3O/c1-3-19(12-14-7-5-8-17-11-14)16(20)10-15-13(2)6-4-9-18-15/h4,6,9,14,17H,3,5,7-8,10-12H2,1-2H3. The van der Waals surface area contributed by atoms with Gasteiger partial charge < -0.3 is 10.2 Å². The molecule has 1 amide bonds. The number of amides is 1. The number of carbonyl (C=O) groups excluding carboxylic acids is 1. The Bertz CT molecular complexity index is 441. The molecule has 110 valence electrons. The second kappa shape index (κ2) is 7.39. The Morgan fingerprint density at radius 1 is 1.55 bits per heavy atom. The van der Waals surface area contributed by atoms with Crippen LogP contribution in [0.2, 0.25) is 0 Å². The summed E-state index contributed by atoms with van der Waals surface area (Å²) in [5.41, 5.74) is 1.99. The van der Waals surface area contributed by atoms with E-state index in [0.29, 0.717) is 12.3 Å². The Labute approximate surface area is 121 Å². The smallest absolute Gasteiger partial charge is 0.228 e. The van der Waals surface area contributed by atoms with Gasteiger partial charge in [-0.2, -0.15) is 0 Å². The molecule has 1 N–H and O–H groups in total. The van der Waals surface area contributed by atoms with Crippen molar-refractivity contribution in [3.05, 3.63) is 29.6 Å². The highest BCUT2D eigenvalue weighted by molar-refractivity contribution is 5.78. The van der Waals surface area contributed by atoms with Crippen molar-refractivity contribution in [1.82, 2.24) is 15.2 Å². The topological polar surface area (TPSA) is 45.2 Å². The molecule has 20 heavy (non-hydrogen) atoms. The molecule has 0 bridgehead atoms. The third-order valence-electron chi connectivity index (χ3n) is 4.05. The Kier molecular flexibility index (Phi) is 5.53. The molecule has 0 aromatic carbocycles. The van der Waals surface area contributed by atoms with Crippen LogP contribution in [0.25, 0.3) is 0 Å². The summed E-state index contributed by atoms with van der Waals surface area (Å²) < 4.78 is 0. The lowest BCUT2D eigenvalue weighted by atomic mass is 9.99. The van der Waals surface area contributed by atoms with Gasteiger partial charge in [0.2, 0.25) is 5.91 Å². The van der Waals surface area contributed by atoms with Crippen molar-refractivity contribution >= 4 is 5.91 Å². The van der Waals surface area contributed by atoms with E-state index < -0.39 is 0 Å². The zero-order chi connectivity index (χ0) is 14.4. The molecule has 2 heterocycles. The molecule has 4 heteroatoms. The van der Waals surface area contributed by atoms with E-state index >= 15 is 0 Å². The number of aryl methyl sites for hydroxylation is 1. The van der Waals surface area contributed by atoms with Gasteiger partial charge in [0.15, 0.2) is 0 Å². The monoisotopic (exact) mass is 275 g/mol. The number of aromatic nitrogens is 1. The van der Waals surface area contributed by atoms with Crippen LogP contribution in [0, 0.1) is 12.8 Å². The molecule has 1 atom stereocenters. The molecule has 0 spiro atoms. The van der Waals surface area contributed by atoms with E-state index in [1.54, 1.807) is 6.20 Å². The molecule has 0 radical (unpaired) electrons. The molecule has 2 rings (SSSR count). The number of carbonyl (C=O) groups is 1. The van der Waals surface area contributed by atoms with Crippen molar-refractivity contribution in [2.75, 3.05) is 26.2 Å². The number of pyridine rings is 1. The summed E-state index contributed by atoms with van der Waals surface area (Å²) in [5, 5.41) is 3.41. The van der Waals surface area contributed by atoms with Crippen molar-refractivity contribution in [1.29, 1.82) is 0 Å². The minimum Gasteiger partial charge on any atom is -0.342 e. The van der Waals surface area contributed by atoms with Gasteiger partial charge in [0, 0.05) is 19.3 Å². The lowest BCUT2D eigenvalue weighted by Crippen LogP contribution is -2.41. The third kappa shape index (κ3) is 4.04. The Morgan fingerprint density at radius 2 is 2.40 bits per heavy atom. The minimum atomic E-state index is 0.194. The molecule has 0 saturated carbocycles. The molecule has 1 aromatic heterocycles. The SMILES string of the molecule is CCN(CC1CCCNC1)C(=O)Cc1ncccc1C. The van der Waals surface area contributed by atoms with E-state index in [-0.39, 0.29) is 5.91 Å². The van der Waals surface area contributed by atoms with E-state index in [2.05, 4.69) is 17.2 Å². The van der Waals surface area contributed by atoms with E-state index in [1.807, 2.05) is 24.0 Å². The lowest BCUT2D eigenvalue weighted by molar-refractivity contribution is -0.131. The summed E-state index contributed by atoms with van der Waals surface area (Å²) in [6.45, 7) is 7.86. The first-order valence-corrected chi connectivity index (χ1v) is 7.59. The predicted molar refractivity (Wildman–Crippen MR) is 80.5 cm³/mol. The van der Waals surface area contributed by atoms with Crippen LogP contribution in [0.5, 0.6) is 0 Å². The fraction of sp³-hybridized carbons (Fsp3) is 0.625. The van der Waals surface area contributed by atoms with Crippen LogP contribution in [0.3, 0.4) is 0 Å². The van der Waals surface area contributed by atoms with Crippen molar-refractivity contribution in [2.24, 2.45) is 5.92 Å². The van der Waals surface area contributed by atoms with Gasteiger partial charge in [-0.1, -0.05) is 6.07 Å². The zero-order valence-corrected chi connectivity index (χ0v) is 12.6. The molecule has 1 aliphatic heterocycles. The van der Waals surface area contributed by atoms with Crippen molar-refractivity contribution in [3.8, 4) is 0 Å². The van der Waals surface area contributed by atoms with Gasteiger partial charge in [-0.05, 0) is 57.3 Å². The van der Waals surface area contributed by atoms with Crippen molar-refractivity contribution in [3.63, 3.8) is 0 Å². The number of hydrogen-bond donors (Lipinski definition) is 1. The molecule has 0 aliphatic carbocycles. The first kappa shape index (κ1) is 15.0. The van der Waals surface area contributed by atoms with Crippen molar-refractivity contribution < 1.29 is 4.79 Å². The first-order valence-electron chi connectivity index (χ1n) is 7.59. The quantitative estimate of drug-likeness (QED) is 0.891. The molecule has 1 fully saturated rings. The fourth-order valence-corrected chi connectivity index (χ4v) is 2.76. The highest BCUT2D eigenvalue weighted by Gasteiger charge is 2.20. The highest BCUT2D eigenvalue weighted by Crippen LogP contribution is 2.13. The Hall–Kier alpha value is -1.42. The predicted octanol–water partition coefficient (Wildman–Crippen LogP) is 1.78. The number of rotatable bonds is 5. The van der Waals surface area contributed by atoms with Gasteiger partial charge in [0.05, 0.1) is 12.1 Å². The van der Waals surface area contributed by atoms with E-state index in [0.717, 1.165) is 37.4 Å². The first-order chi connectivity index (χ1) is 9.70. The summed E-state index contributed by atoms with van der Waals surface area (Å²) in [4.78, 5) is 18.7. The fourth-order valence-electron chi connectivity index (χ4n) is 2.76. The summed E-state index contributed by atoms with van der Waals surface area (Å²) >= 11 is 0. The molecule has 1 aromatic rings. The molecule has 1 saturated heterocycles. The Balaban J connectivity index is 1.93. The third-order valence-corrected chi connectivity index (χ3v) is 4.05. The molecule has 1 unspecified atom stereocenters. The number of nitrogens with zero attached hydrogens (tertiary/aromatic N) is 2. The van der Waals surface area contributed by atoms with E-state index in [9.17, 15) is 4.79 Å². The second-order valence-electron chi connectivity index (χ2n) is 5.59. The van der Waals surface area contributed by atoms with Crippen LogP contribution in [0.1, 0.15) is 31.0 Å². The number of nitrogens with one attached hydrogen (secondary N) is 1. The number of likely N-dealkylation sites (N-methyl/N-ethyl adjacent to an activating group) is 1. The van der Waals surface area contributed by atoms with Gasteiger partial charge in [-0.3, -0.25) is 9.78 Å². The van der Waals surface area contributed by atoms with Gasteiger partial charge >= 0.3 is 0 Å². The molecule has 4 nitrogen and oxygen atoms in total. The highest BCUT2D eigenvalue weighted by atomic mass is 16.2. The largest absolute Gasteiger partial charge is 0.342 e. The Morgan fingerprint density at radius 3 is 3.05 bits per heavy atom. The van der Waals surface area contributed by atoms with Crippen LogP contribution in [0.15, 0.2) is 18.3 Å². The van der Waals surface area contributed by atoms with E-state index in [4.69, 9.17) is 0 Å². The summed E-state index contributed by atoms with van der Waals surface area (Å²) in [5.74, 6) is 0.789. The number of hydrogen-bond acceptors (Lipinski definition) is 3. The average Bonchev–Trinajstić information content (AvgIpc) is 2.48.